The van der Waals surface area contributed by atoms with Crippen LogP contribution < -0.4 is 0 Å². The number of hydrogen-bond donors (Lipinski definition) is 1. The van der Waals surface area contributed by atoms with Crippen molar-refractivity contribution >= 4 is 11.8 Å². The van der Waals surface area contributed by atoms with E-state index in [-0.39, 0.29) is 23.8 Å². The summed E-state index contributed by atoms with van der Waals surface area (Å²) in [6.45, 7) is 5.40. The van der Waals surface area contributed by atoms with Crippen LogP contribution in [0.25, 0.3) is 0 Å². The molecule has 1 saturated heterocycles. The van der Waals surface area contributed by atoms with Gasteiger partial charge in [0.1, 0.15) is 0 Å². The molecular formula is C16H28N2O3. The predicted octanol–water partition coefficient (Wildman–Crippen LogP) is 1.25. The van der Waals surface area contributed by atoms with Crippen molar-refractivity contribution in [2.75, 3.05) is 20.1 Å². The second-order valence-corrected chi connectivity index (χ2v) is 6.96. The quantitative estimate of drug-likeness (QED) is 0.849. The summed E-state index contributed by atoms with van der Waals surface area (Å²) in [5, 5.41) is 10.1. The average molecular weight is 296 g/mol. The summed E-state index contributed by atoms with van der Waals surface area (Å²) in [5.41, 5.74) is 0. The van der Waals surface area contributed by atoms with Gasteiger partial charge in [0.25, 0.3) is 0 Å². The topological polar surface area (TPSA) is 60.9 Å². The molecule has 0 aromatic carbocycles. The third-order valence-electron chi connectivity index (χ3n) is 4.69. The Balaban J connectivity index is 1.95. The number of rotatable bonds is 4. The molecule has 0 spiro atoms. The Hall–Kier alpha value is -1.10. The first-order valence-electron chi connectivity index (χ1n) is 8.12. The van der Waals surface area contributed by atoms with Crippen molar-refractivity contribution < 1.29 is 14.7 Å². The number of carbonyl (C=O) groups is 2. The molecule has 1 heterocycles. The lowest BCUT2D eigenvalue weighted by atomic mass is 9.91. The van der Waals surface area contributed by atoms with Crippen molar-refractivity contribution in [2.24, 2.45) is 11.8 Å². The Morgan fingerprint density at radius 2 is 2.05 bits per heavy atom. The summed E-state index contributed by atoms with van der Waals surface area (Å²) in [6, 6.07) is -0.0829. The van der Waals surface area contributed by atoms with E-state index in [0.29, 0.717) is 18.9 Å². The molecule has 0 bridgehead atoms. The third-order valence-corrected chi connectivity index (χ3v) is 4.69. The lowest BCUT2D eigenvalue weighted by molar-refractivity contribution is -0.139. The molecule has 3 atom stereocenters. The van der Waals surface area contributed by atoms with E-state index < -0.39 is 6.10 Å². The van der Waals surface area contributed by atoms with Gasteiger partial charge in [-0.1, -0.05) is 26.7 Å². The highest BCUT2D eigenvalue weighted by atomic mass is 16.3. The fourth-order valence-electron chi connectivity index (χ4n) is 3.55. The molecule has 0 radical (unpaired) electrons. The van der Waals surface area contributed by atoms with Crippen molar-refractivity contribution in [2.45, 2.75) is 58.1 Å². The van der Waals surface area contributed by atoms with Crippen molar-refractivity contribution in [1.29, 1.82) is 0 Å². The minimum atomic E-state index is -0.420. The van der Waals surface area contributed by atoms with Crippen molar-refractivity contribution in [1.82, 2.24) is 9.80 Å². The van der Waals surface area contributed by atoms with Gasteiger partial charge in [-0.3, -0.25) is 9.59 Å². The lowest BCUT2D eigenvalue weighted by Crippen LogP contribution is -2.48. The highest BCUT2D eigenvalue weighted by Crippen LogP contribution is 2.26. The zero-order valence-electron chi connectivity index (χ0n) is 13.4. The van der Waals surface area contributed by atoms with Crippen LogP contribution in [-0.2, 0) is 9.59 Å². The maximum absolute atomic E-state index is 12.6. The van der Waals surface area contributed by atoms with Gasteiger partial charge < -0.3 is 14.9 Å². The number of amides is 2. The van der Waals surface area contributed by atoms with E-state index in [1.54, 1.807) is 16.8 Å². The molecular weight excluding hydrogens is 268 g/mol. The molecule has 3 unspecified atom stereocenters. The Morgan fingerprint density at radius 1 is 1.38 bits per heavy atom. The minimum Gasteiger partial charge on any atom is -0.391 e. The van der Waals surface area contributed by atoms with E-state index in [1.807, 2.05) is 0 Å². The maximum Gasteiger partial charge on any atom is 0.228 e. The SMILES string of the molecule is CC(C)CN1CC(C(=O)N(C)C2CCCCC2O)CC1=O. The molecule has 1 saturated carbocycles. The highest BCUT2D eigenvalue weighted by Gasteiger charge is 2.38. The van der Waals surface area contributed by atoms with Gasteiger partial charge in [-0.2, -0.15) is 0 Å². The van der Waals surface area contributed by atoms with Gasteiger partial charge in [0.15, 0.2) is 0 Å². The first kappa shape index (κ1) is 16.3. The zero-order valence-corrected chi connectivity index (χ0v) is 13.4. The molecule has 2 fully saturated rings. The van der Waals surface area contributed by atoms with Crippen molar-refractivity contribution in [3.63, 3.8) is 0 Å². The molecule has 2 amide bonds. The smallest absolute Gasteiger partial charge is 0.228 e. The summed E-state index contributed by atoms with van der Waals surface area (Å²) < 4.78 is 0. The van der Waals surface area contributed by atoms with Gasteiger partial charge in [0, 0.05) is 26.6 Å². The van der Waals surface area contributed by atoms with E-state index in [2.05, 4.69) is 13.8 Å². The van der Waals surface area contributed by atoms with Gasteiger partial charge in [0.05, 0.1) is 18.1 Å². The Bertz CT molecular complexity index is 397. The molecule has 0 aromatic heterocycles. The van der Waals surface area contributed by atoms with Gasteiger partial charge in [-0.25, -0.2) is 0 Å². The van der Waals surface area contributed by atoms with E-state index in [0.717, 1.165) is 32.2 Å². The highest BCUT2D eigenvalue weighted by molar-refractivity contribution is 5.89. The molecule has 1 aliphatic carbocycles. The van der Waals surface area contributed by atoms with Crippen LogP contribution in [0, 0.1) is 11.8 Å². The first-order chi connectivity index (χ1) is 9.90. The van der Waals surface area contributed by atoms with Gasteiger partial charge in [-0.05, 0) is 18.8 Å². The molecule has 120 valence electrons. The molecule has 5 nitrogen and oxygen atoms in total. The summed E-state index contributed by atoms with van der Waals surface area (Å²) in [5.74, 6) is 0.274. The Morgan fingerprint density at radius 3 is 2.67 bits per heavy atom. The van der Waals surface area contributed by atoms with E-state index in [1.165, 1.54) is 0 Å². The third kappa shape index (κ3) is 3.76. The summed E-state index contributed by atoms with van der Waals surface area (Å²) in [4.78, 5) is 28.1. The first-order valence-corrected chi connectivity index (χ1v) is 8.12. The molecule has 1 N–H and O–H groups in total. The second kappa shape index (κ2) is 6.77. The molecule has 1 aliphatic heterocycles. The number of likely N-dealkylation sites (tertiary alicyclic amines) is 1. The normalized spacial score (nSPS) is 30.0. The Labute approximate surface area is 127 Å². The maximum atomic E-state index is 12.6. The van der Waals surface area contributed by atoms with Gasteiger partial charge in [-0.15, -0.1) is 0 Å². The minimum absolute atomic E-state index is 0.0144. The predicted molar refractivity (Wildman–Crippen MR) is 80.6 cm³/mol. The monoisotopic (exact) mass is 296 g/mol. The standard InChI is InChI=1S/C16H28N2O3/c1-11(2)9-18-10-12(8-15(18)20)16(21)17(3)13-6-4-5-7-14(13)19/h11-14,19H,4-10H2,1-3H3. The molecule has 2 aliphatic rings. The van der Waals surface area contributed by atoms with Crippen LogP contribution in [0.1, 0.15) is 46.0 Å². The number of aliphatic hydroxyl groups excluding tert-OH is 1. The van der Waals surface area contributed by atoms with E-state index in [9.17, 15) is 14.7 Å². The molecule has 2 rings (SSSR count). The van der Waals surface area contributed by atoms with Crippen LogP contribution in [-0.4, -0.2) is 59.0 Å². The fourth-order valence-corrected chi connectivity index (χ4v) is 3.55. The fraction of sp³-hybridized carbons (Fsp3) is 0.875. The van der Waals surface area contributed by atoms with Crippen molar-refractivity contribution in [3.8, 4) is 0 Å². The number of nitrogens with zero attached hydrogens (tertiary/aromatic N) is 2. The number of aliphatic hydroxyl groups is 1. The average Bonchev–Trinajstić information content (AvgIpc) is 2.78. The lowest BCUT2D eigenvalue weighted by Gasteiger charge is -2.36. The summed E-state index contributed by atoms with van der Waals surface area (Å²) in [6.07, 6.45) is 3.62. The van der Waals surface area contributed by atoms with Crippen LogP contribution in [0.3, 0.4) is 0 Å². The second-order valence-electron chi connectivity index (χ2n) is 6.96. The molecule has 0 aromatic rings. The van der Waals surface area contributed by atoms with E-state index in [4.69, 9.17) is 0 Å². The largest absolute Gasteiger partial charge is 0.391 e. The molecule has 5 heteroatoms. The van der Waals surface area contributed by atoms with Crippen LogP contribution in [0.2, 0.25) is 0 Å². The van der Waals surface area contributed by atoms with E-state index >= 15 is 0 Å². The summed E-state index contributed by atoms with van der Waals surface area (Å²) >= 11 is 0. The van der Waals surface area contributed by atoms with Crippen LogP contribution in [0.5, 0.6) is 0 Å². The number of likely N-dealkylation sites (N-methyl/N-ethyl adjacent to an activating group) is 1. The van der Waals surface area contributed by atoms with Crippen LogP contribution in [0.4, 0.5) is 0 Å². The van der Waals surface area contributed by atoms with Crippen LogP contribution in [0.15, 0.2) is 0 Å². The van der Waals surface area contributed by atoms with Crippen LogP contribution >= 0.6 is 0 Å². The zero-order chi connectivity index (χ0) is 15.6. The van der Waals surface area contributed by atoms with Crippen molar-refractivity contribution in [3.05, 3.63) is 0 Å². The summed E-state index contributed by atoms with van der Waals surface area (Å²) in [7, 11) is 1.77. The number of hydrogen-bond acceptors (Lipinski definition) is 3. The van der Waals surface area contributed by atoms with Gasteiger partial charge >= 0.3 is 0 Å². The van der Waals surface area contributed by atoms with Gasteiger partial charge in [0.2, 0.25) is 11.8 Å². The number of carbonyl (C=O) groups excluding carboxylic acids is 2. The molecule has 21 heavy (non-hydrogen) atoms. The Kier molecular flexibility index (Phi) is 5.25.